The topological polar surface area (TPSA) is 41.8 Å². The van der Waals surface area contributed by atoms with Gasteiger partial charge >= 0.3 is 6.18 Å². The first kappa shape index (κ1) is 23.5. The van der Waals surface area contributed by atoms with Gasteiger partial charge in [-0.3, -0.25) is 0 Å². The summed E-state index contributed by atoms with van der Waals surface area (Å²) in [6.07, 6.45) is -4.74. The molecule has 0 aliphatic heterocycles. The van der Waals surface area contributed by atoms with Crippen LogP contribution in [0.3, 0.4) is 0 Å². The van der Waals surface area contributed by atoms with Crippen molar-refractivity contribution in [3.05, 3.63) is 28.8 Å². The van der Waals surface area contributed by atoms with E-state index in [1.807, 2.05) is 27.7 Å². The van der Waals surface area contributed by atoms with Crippen molar-refractivity contribution in [2.24, 2.45) is 5.16 Å². The van der Waals surface area contributed by atoms with E-state index in [1.54, 1.807) is 0 Å². The third-order valence-corrected chi connectivity index (χ3v) is 9.52. The molecule has 0 amide bonds. The number of hydrogen-bond acceptors (Lipinski definition) is 3. The van der Waals surface area contributed by atoms with Crippen LogP contribution in [0.5, 0.6) is 5.75 Å². The third kappa shape index (κ3) is 5.27. The molecule has 1 N–H and O–H groups in total. The van der Waals surface area contributed by atoms with Gasteiger partial charge in [0.1, 0.15) is 5.75 Å². The smallest absolute Gasteiger partial charge is 0.437 e. The Hall–Kier alpha value is -1.50. The number of rotatable bonds is 5. The van der Waals surface area contributed by atoms with Crippen LogP contribution in [-0.4, -0.2) is 25.4 Å². The predicted molar refractivity (Wildman–Crippen MR) is 107 cm³/mol. The fourth-order valence-corrected chi connectivity index (χ4v) is 3.53. The van der Waals surface area contributed by atoms with Crippen molar-refractivity contribution in [3.8, 4) is 5.75 Å². The summed E-state index contributed by atoms with van der Waals surface area (Å²) in [4.78, 5) is 0. The monoisotopic (exact) mass is 403 g/mol. The third-order valence-electron chi connectivity index (χ3n) is 5.20. The van der Waals surface area contributed by atoms with E-state index < -0.39 is 20.2 Å². The normalized spacial score (nSPS) is 14.2. The molecule has 0 atom stereocenters. The molecule has 1 aromatic carbocycles. The molecule has 7 heteroatoms. The largest absolute Gasteiger partial charge is 0.543 e. The standard InChI is InChI=1S/C20H32F3NO2Si/c1-12(2)15-10-14(18(24-25)20(21,22)23)11-16(13(3)4)17(15)26-27(8,9)19(5,6)7/h10-13,25H,1-9H3/b24-18+. The average Bonchev–Trinajstić information content (AvgIpc) is 2.45. The molecule has 0 saturated heterocycles. The molecule has 0 heterocycles. The van der Waals surface area contributed by atoms with Crippen molar-refractivity contribution in [1.29, 1.82) is 0 Å². The summed E-state index contributed by atoms with van der Waals surface area (Å²) in [5.74, 6) is 0.584. The molecule has 154 valence electrons. The number of benzene rings is 1. The van der Waals surface area contributed by atoms with Crippen LogP contribution in [0.15, 0.2) is 17.3 Å². The molecule has 1 rings (SSSR count). The van der Waals surface area contributed by atoms with E-state index in [2.05, 4.69) is 39.0 Å². The van der Waals surface area contributed by atoms with E-state index in [4.69, 9.17) is 9.63 Å². The van der Waals surface area contributed by atoms with Gasteiger partial charge in [0.05, 0.1) is 0 Å². The van der Waals surface area contributed by atoms with Crippen LogP contribution in [0.2, 0.25) is 18.1 Å². The fourth-order valence-electron chi connectivity index (χ4n) is 2.47. The molecular formula is C20H32F3NO2Si. The highest BCUT2D eigenvalue weighted by molar-refractivity contribution is 6.74. The van der Waals surface area contributed by atoms with Crippen LogP contribution in [0.4, 0.5) is 13.2 Å². The summed E-state index contributed by atoms with van der Waals surface area (Å²) < 4.78 is 46.4. The molecule has 0 unspecified atom stereocenters. The van der Waals surface area contributed by atoms with Crippen LogP contribution < -0.4 is 4.43 Å². The molecule has 1 aromatic rings. The van der Waals surface area contributed by atoms with E-state index in [9.17, 15) is 13.2 Å². The Morgan fingerprint density at radius 3 is 1.67 bits per heavy atom. The van der Waals surface area contributed by atoms with Crippen molar-refractivity contribution in [3.63, 3.8) is 0 Å². The van der Waals surface area contributed by atoms with Gasteiger partial charge in [0.15, 0.2) is 5.71 Å². The number of nitrogens with zero attached hydrogens (tertiary/aromatic N) is 1. The fraction of sp³-hybridized carbons (Fsp3) is 0.650. The van der Waals surface area contributed by atoms with Crippen molar-refractivity contribution in [2.75, 3.05) is 0 Å². The Labute approximate surface area is 161 Å². The number of oxime groups is 1. The zero-order chi connectivity index (χ0) is 21.4. The molecule has 0 spiro atoms. The highest BCUT2D eigenvalue weighted by Gasteiger charge is 2.41. The maximum atomic E-state index is 13.3. The van der Waals surface area contributed by atoms with Gasteiger partial charge < -0.3 is 9.63 Å². The summed E-state index contributed by atoms with van der Waals surface area (Å²) in [5, 5.41) is 11.5. The highest BCUT2D eigenvalue weighted by Crippen LogP contribution is 2.43. The van der Waals surface area contributed by atoms with Gasteiger partial charge in [0.2, 0.25) is 0 Å². The predicted octanol–water partition coefficient (Wildman–Crippen LogP) is 7.06. The maximum absolute atomic E-state index is 13.3. The van der Waals surface area contributed by atoms with Crippen molar-refractivity contribution < 1.29 is 22.8 Å². The summed E-state index contributed by atoms with van der Waals surface area (Å²) in [6, 6.07) is 2.89. The lowest BCUT2D eigenvalue weighted by Crippen LogP contribution is -2.44. The Bertz CT molecular complexity index is 673. The lowest BCUT2D eigenvalue weighted by atomic mass is 9.90. The van der Waals surface area contributed by atoms with Crippen LogP contribution in [0.25, 0.3) is 0 Å². The quantitative estimate of drug-likeness (QED) is 0.247. The molecule has 3 nitrogen and oxygen atoms in total. The van der Waals surface area contributed by atoms with E-state index in [0.717, 1.165) is 0 Å². The minimum Gasteiger partial charge on any atom is -0.543 e. The Balaban J connectivity index is 3.75. The lowest BCUT2D eigenvalue weighted by molar-refractivity contribution is -0.0601. The first-order chi connectivity index (χ1) is 12.0. The number of hydrogen-bond donors (Lipinski definition) is 1. The van der Waals surface area contributed by atoms with Crippen LogP contribution in [0.1, 0.15) is 77.0 Å². The van der Waals surface area contributed by atoms with Crippen molar-refractivity contribution in [2.45, 2.75) is 84.6 Å². The molecule has 0 fully saturated rings. The maximum Gasteiger partial charge on any atom is 0.437 e. The first-order valence-electron chi connectivity index (χ1n) is 9.19. The summed E-state index contributed by atoms with van der Waals surface area (Å²) in [7, 11) is -2.19. The molecule has 0 aliphatic rings. The van der Waals surface area contributed by atoms with Gasteiger partial charge in [0, 0.05) is 5.56 Å². The van der Waals surface area contributed by atoms with E-state index >= 15 is 0 Å². The lowest BCUT2D eigenvalue weighted by Gasteiger charge is -2.38. The summed E-state index contributed by atoms with van der Waals surface area (Å²) >= 11 is 0. The van der Waals surface area contributed by atoms with Gasteiger partial charge in [-0.15, -0.1) is 0 Å². The molecule has 0 bridgehead atoms. The molecule has 0 aromatic heterocycles. The number of halogens is 3. The van der Waals surface area contributed by atoms with E-state index in [0.29, 0.717) is 16.9 Å². The Morgan fingerprint density at radius 2 is 1.41 bits per heavy atom. The van der Waals surface area contributed by atoms with E-state index in [-0.39, 0.29) is 22.4 Å². The molecular weight excluding hydrogens is 371 g/mol. The molecule has 27 heavy (non-hydrogen) atoms. The minimum atomic E-state index is -4.74. The van der Waals surface area contributed by atoms with Gasteiger partial charge in [-0.1, -0.05) is 53.6 Å². The molecule has 0 radical (unpaired) electrons. The second-order valence-electron chi connectivity index (χ2n) is 9.10. The molecule has 0 aliphatic carbocycles. The van der Waals surface area contributed by atoms with Crippen molar-refractivity contribution >= 4 is 14.0 Å². The zero-order valence-electron chi connectivity index (χ0n) is 17.7. The van der Waals surface area contributed by atoms with Crippen LogP contribution in [0, 0.1) is 0 Å². The average molecular weight is 404 g/mol. The second kappa shape index (κ2) is 7.85. The van der Waals surface area contributed by atoms with E-state index in [1.165, 1.54) is 12.1 Å². The number of alkyl halides is 3. The van der Waals surface area contributed by atoms with Gasteiger partial charge in [-0.2, -0.15) is 13.2 Å². The molecule has 0 saturated carbocycles. The second-order valence-corrected chi connectivity index (χ2v) is 13.8. The summed E-state index contributed by atoms with van der Waals surface area (Å²) in [5.41, 5.74) is -0.0250. The van der Waals surface area contributed by atoms with Crippen LogP contribution in [-0.2, 0) is 0 Å². The minimum absolute atomic E-state index is 0.0438. The Morgan fingerprint density at radius 1 is 1.00 bits per heavy atom. The SMILES string of the molecule is CC(C)c1cc(/C(=N\O)C(F)(F)F)cc(C(C)C)c1O[Si](C)(C)C(C)(C)C. The van der Waals surface area contributed by atoms with Gasteiger partial charge in [-0.25, -0.2) is 0 Å². The van der Waals surface area contributed by atoms with Crippen LogP contribution >= 0.6 is 0 Å². The highest BCUT2D eigenvalue weighted by atomic mass is 28.4. The first-order valence-corrected chi connectivity index (χ1v) is 12.1. The Kier molecular flexibility index (Phi) is 6.85. The van der Waals surface area contributed by atoms with Gasteiger partial charge in [-0.05, 0) is 53.2 Å². The van der Waals surface area contributed by atoms with Crippen molar-refractivity contribution in [1.82, 2.24) is 0 Å². The van der Waals surface area contributed by atoms with Gasteiger partial charge in [0.25, 0.3) is 8.32 Å². The summed E-state index contributed by atoms with van der Waals surface area (Å²) in [6.45, 7) is 18.3. The zero-order valence-corrected chi connectivity index (χ0v) is 18.7.